The van der Waals surface area contributed by atoms with E-state index in [0.29, 0.717) is 18.0 Å². The van der Waals surface area contributed by atoms with Gasteiger partial charge >= 0.3 is 0 Å². The van der Waals surface area contributed by atoms with Gasteiger partial charge in [-0.3, -0.25) is 4.79 Å². The fourth-order valence-electron chi connectivity index (χ4n) is 3.11. The fraction of sp³-hybridized carbons (Fsp3) is 0.278. The van der Waals surface area contributed by atoms with E-state index in [-0.39, 0.29) is 5.91 Å². The van der Waals surface area contributed by atoms with Gasteiger partial charge in [-0.05, 0) is 25.1 Å². The highest BCUT2D eigenvalue weighted by atomic mass is 16.5. The molecule has 0 radical (unpaired) electrons. The lowest BCUT2D eigenvalue weighted by atomic mass is 10.1. The number of aromatic nitrogens is 3. The summed E-state index contributed by atoms with van der Waals surface area (Å²) in [6, 6.07) is 7.65. The monoisotopic (exact) mass is 322 g/mol. The molecule has 24 heavy (non-hydrogen) atoms. The Morgan fingerprint density at radius 1 is 1.38 bits per heavy atom. The first kappa shape index (κ1) is 14.7. The zero-order chi connectivity index (χ0) is 16.5. The summed E-state index contributed by atoms with van der Waals surface area (Å²) in [4.78, 5) is 12.5. The standard InChI is InChI=1S/C18H18N4O2/c1-12-20-21-17-8-13(11-22(12)17)10-19-18(23)15-6-7-24-16-5-3-2-4-14(16)9-15/h2-7,9,13H,8,10-11H2,1H3,(H,19,23). The number of hydrogen-bond acceptors (Lipinski definition) is 4. The van der Waals surface area contributed by atoms with Crippen LogP contribution in [0, 0.1) is 12.8 Å². The molecule has 6 nitrogen and oxygen atoms in total. The van der Waals surface area contributed by atoms with Crippen molar-refractivity contribution in [3.8, 4) is 5.75 Å². The van der Waals surface area contributed by atoms with Gasteiger partial charge < -0.3 is 14.6 Å². The van der Waals surface area contributed by atoms with Crippen LogP contribution < -0.4 is 10.1 Å². The van der Waals surface area contributed by atoms with Crippen LogP contribution in [0.3, 0.4) is 0 Å². The number of hydrogen-bond donors (Lipinski definition) is 1. The van der Waals surface area contributed by atoms with Crippen LogP contribution in [0.4, 0.5) is 0 Å². The van der Waals surface area contributed by atoms with Gasteiger partial charge in [0.1, 0.15) is 17.4 Å². The maximum absolute atomic E-state index is 12.5. The highest BCUT2D eigenvalue weighted by Crippen LogP contribution is 2.24. The van der Waals surface area contributed by atoms with Crippen molar-refractivity contribution >= 4 is 12.0 Å². The van der Waals surface area contributed by atoms with E-state index in [1.54, 1.807) is 12.3 Å². The molecule has 2 aromatic rings. The number of para-hydroxylation sites is 1. The normalized spacial score (nSPS) is 18.2. The first-order valence-corrected chi connectivity index (χ1v) is 8.01. The summed E-state index contributed by atoms with van der Waals surface area (Å²) in [5.41, 5.74) is 1.49. The first-order valence-electron chi connectivity index (χ1n) is 8.01. The summed E-state index contributed by atoms with van der Waals surface area (Å²) in [6.07, 6.45) is 5.95. The van der Waals surface area contributed by atoms with Gasteiger partial charge in [0, 0.05) is 36.6 Å². The number of amides is 1. The molecule has 0 saturated carbocycles. The Kier molecular flexibility index (Phi) is 3.65. The van der Waals surface area contributed by atoms with Crippen LogP contribution in [0.1, 0.15) is 17.2 Å². The van der Waals surface area contributed by atoms with Gasteiger partial charge in [0.25, 0.3) is 5.91 Å². The van der Waals surface area contributed by atoms with Crippen LogP contribution in [-0.2, 0) is 17.8 Å². The SMILES string of the molecule is Cc1nnc2n1CC(CNC(=O)C1=Cc3ccccc3OC=C1)C2. The Labute approximate surface area is 139 Å². The van der Waals surface area contributed by atoms with Gasteiger partial charge in [-0.1, -0.05) is 18.2 Å². The van der Waals surface area contributed by atoms with Crippen LogP contribution in [0.2, 0.25) is 0 Å². The zero-order valence-corrected chi connectivity index (χ0v) is 13.4. The molecule has 4 rings (SSSR count). The number of aryl methyl sites for hydroxylation is 1. The lowest BCUT2D eigenvalue weighted by Crippen LogP contribution is -2.30. The van der Waals surface area contributed by atoms with Crippen molar-refractivity contribution in [2.75, 3.05) is 6.54 Å². The van der Waals surface area contributed by atoms with Crippen molar-refractivity contribution in [2.24, 2.45) is 5.92 Å². The van der Waals surface area contributed by atoms with E-state index < -0.39 is 0 Å². The summed E-state index contributed by atoms with van der Waals surface area (Å²) in [6.45, 7) is 3.43. The van der Waals surface area contributed by atoms with E-state index in [1.807, 2.05) is 37.3 Å². The smallest absolute Gasteiger partial charge is 0.251 e. The molecule has 6 heteroatoms. The molecule has 1 aromatic carbocycles. The number of nitrogens with one attached hydrogen (secondary N) is 1. The summed E-state index contributed by atoms with van der Waals surface area (Å²) in [5, 5.41) is 11.3. The molecule has 0 spiro atoms. The van der Waals surface area contributed by atoms with Crippen LogP contribution >= 0.6 is 0 Å². The van der Waals surface area contributed by atoms with Gasteiger partial charge in [-0.15, -0.1) is 10.2 Å². The molecule has 122 valence electrons. The highest BCUT2D eigenvalue weighted by Gasteiger charge is 2.25. The molecular formula is C18H18N4O2. The average Bonchev–Trinajstić information content (AvgIpc) is 3.06. The van der Waals surface area contributed by atoms with Crippen LogP contribution in [0.25, 0.3) is 6.08 Å². The van der Waals surface area contributed by atoms with E-state index in [4.69, 9.17) is 4.74 Å². The van der Waals surface area contributed by atoms with Crippen molar-refractivity contribution in [3.05, 3.63) is 59.4 Å². The van der Waals surface area contributed by atoms with Gasteiger partial charge in [0.15, 0.2) is 0 Å². The molecule has 0 saturated heterocycles. The third-order valence-corrected chi connectivity index (χ3v) is 4.41. The Balaban J connectivity index is 1.41. The zero-order valence-electron chi connectivity index (χ0n) is 13.4. The largest absolute Gasteiger partial charge is 0.464 e. The molecule has 1 N–H and O–H groups in total. The summed E-state index contributed by atoms with van der Waals surface area (Å²) in [5.74, 6) is 2.95. The molecule has 1 unspecified atom stereocenters. The Bertz CT molecular complexity index is 850. The molecule has 1 amide bonds. The lowest BCUT2D eigenvalue weighted by molar-refractivity contribution is -0.117. The third-order valence-electron chi connectivity index (χ3n) is 4.41. The lowest BCUT2D eigenvalue weighted by Gasteiger charge is -2.11. The maximum atomic E-state index is 12.5. The van der Waals surface area contributed by atoms with Crippen molar-refractivity contribution < 1.29 is 9.53 Å². The molecule has 0 bridgehead atoms. The van der Waals surface area contributed by atoms with E-state index in [0.717, 1.165) is 35.9 Å². The molecule has 0 fully saturated rings. The van der Waals surface area contributed by atoms with E-state index in [1.165, 1.54) is 0 Å². The molecule has 1 atom stereocenters. The molecule has 1 aromatic heterocycles. The number of carbonyl (C=O) groups is 1. The number of rotatable bonds is 3. The second-order valence-electron chi connectivity index (χ2n) is 6.11. The van der Waals surface area contributed by atoms with Crippen molar-refractivity contribution in [3.63, 3.8) is 0 Å². The Morgan fingerprint density at radius 2 is 2.25 bits per heavy atom. The quantitative estimate of drug-likeness (QED) is 0.936. The predicted octanol–water partition coefficient (Wildman–Crippen LogP) is 1.86. The predicted molar refractivity (Wildman–Crippen MR) is 89.1 cm³/mol. The average molecular weight is 322 g/mol. The van der Waals surface area contributed by atoms with Gasteiger partial charge in [0.05, 0.1) is 6.26 Å². The van der Waals surface area contributed by atoms with E-state index in [9.17, 15) is 4.79 Å². The van der Waals surface area contributed by atoms with E-state index >= 15 is 0 Å². The Hall–Kier alpha value is -2.89. The second-order valence-corrected chi connectivity index (χ2v) is 6.11. The first-order chi connectivity index (χ1) is 11.7. The molecule has 2 aliphatic rings. The van der Waals surface area contributed by atoms with Crippen LogP contribution in [0.15, 0.2) is 42.2 Å². The highest BCUT2D eigenvalue weighted by molar-refractivity contribution is 6.01. The van der Waals surface area contributed by atoms with Crippen LogP contribution in [-0.4, -0.2) is 27.2 Å². The fourth-order valence-corrected chi connectivity index (χ4v) is 3.11. The number of benzene rings is 1. The summed E-state index contributed by atoms with van der Waals surface area (Å²) >= 11 is 0. The van der Waals surface area contributed by atoms with Gasteiger partial charge in [0.2, 0.25) is 0 Å². The summed E-state index contributed by atoms with van der Waals surface area (Å²) < 4.78 is 7.64. The molecule has 0 aliphatic carbocycles. The minimum absolute atomic E-state index is 0.0917. The van der Waals surface area contributed by atoms with Crippen molar-refractivity contribution in [1.29, 1.82) is 0 Å². The van der Waals surface area contributed by atoms with Crippen LogP contribution in [0.5, 0.6) is 5.75 Å². The van der Waals surface area contributed by atoms with Gasteiger partial charge in [-0.25, -0.2) is 0 Å². The number of nitrogens with zero attached hydrogens (tertiary/aromatic N) is 3. The number of fused-ring (bicyclic) bond motifs is 2. The topological polar surface area (TPSA) is 69.0 Å². The van der Waals surface area contributed by atoms with Gasteiger partial charge in [-0.2, -0.15) is 0 Å². The molecular weight excluding hydrogens is 304 g/mol. The van der Waals surface area contributed by atoms with E-state index in [2.05, 4.69) is 20.1 Å². The molecule has 2 aliphatic heterocycles. The summed E-state index contributed by atoms with van der Waals surface area (Å²) in [7, 11) is 0. The minimum Gasteiger partial charge on any atom is -0.464 e. The minimum atomic E-state index is -0.0917. The van der Waals surface area contributed by atoms with Crippen molar-refractivity contribution in [1.82, 2.24) is 20.1 Å². The third kappa shape index (κ3) is 2.71. The van der Waals surface area contributed by atoms with Crippen molar-refractivity contribution in [2.45, 2.75) is 19.9 Å². The number of carbonyl (C=O) groups excluding carboxylic acids is 1. The Morgan fingerprint density at radius 3 is 3.12 bits per heavy atom. The number of ether oxygens (including phenoxy) is 1. The molecule has 3 heterocycles. The maximum Gasteiger partial charge on any atom is 0.251 e. The second kappa shape index (κ2) is 5.96.